The predicted octanol–water partition coefficient (Wildman–Crippen LogP) is 7.54. The summed E-state index contributed by atoms with van der Waals surface area (Å²) in [5, 5.41) is 0. The Bertz CT molecular complexity index is 1150. The van der Waals surface area contributed by atoms with Crippen molar-refractivity contribution in [3.8, 4) is 0 Å². The van der Waals surface area contributed by atoms with E-state index >= 15 is 0 Å². The van der Waals surface area contributed by atoms with Crippen molar-refractivity contribution in [2.24, 2.45) is 0 Å². The lowest BCUT2D eigenvalue weighted by atomic mass is 10.00. The molecule has 0 spiro atoms. The van der Waals surface area contributed by atoms with Crippen LogP contribution in [0.25, 0.3) is 0 Å². The zero-order valence-electron chi connectivity index (χ0n) is 19.7. The fourth-order valence-corrected chi connectivity index (χ4v) is 4.32. The van der Waals surface area contributed by atoms with E-state index in [9.17, 15) is 30.7 Å². The molecule has 0 saturated carbocycles. The second-order valence-corrected chi connectivity index (χ2v) is 8.81. The van der Waals surface area contributed by atoms with Crippen molar-refractivity contribution in [2.45, 2.75) is 44.3 Å². The molecule has 3 aromatic carbocycles. The molecule has 0 unspecified atom stereocenters. The van der Waals surface area contributed by atoms with Crippen LogP contribution in [0.5, 0.6) is 0 Å². The quantitative estimate of drug-likeness (QED) is 0.309. The summed E-state index contributed by atoms with van der Waals surface area (Å²) in [7, 11) is 0. The summed E-state index contributed by atoms with van der Waals surface area (Å²) in [5.41, 5.74) is -1.51. The van der Waals surface area contributed by atoms with E-state index in [1.165, 1.54) is 19.1 Å². The van der Waals surface area contributed by atoms with Crippen LogP contribution in [-0.4, -0.2) is 24.3 Å². The van der Waals surface area contributed by atoms with Gasteiger partial charge in [-0.05, 0) is 53.9 Å². The number of ether oxygens (including phenoxy) is 2. The lowest BCUT2D eigenvalue weighted by Gasteiger charge is -2.42. The van der Waals surface area contributed by atoms with E-state index in [1.807, 2.05) is 35.2 Å². The van der Waals surface area contributed by atoms with Crippen LogP contribution < -0.4 is 0 Å². The Morgan fingerprint density at radius 1 is 0.892 bits per heavy atom. The van der Waals surface area contributed by atoms with Crippen LogP contribution in [0.1, 0.15) is 46.9 Å². The summed E-state index contributed by atoms with van der Waals surface area (Å²) < 4.78 is 106. The molecule has 1 fully saturated rings. The summed E-state index contributed by atoms with van der Waals surface area (Å²) in [6, 6.07) is 15.9. The Balaban J connectivity index is 1.66. The van der Waals surface area contributed by atoms with Crippen molar-refractivity contribution >= 4 is 0 Å². The number of alkyl halides is 6. The summed E-state index contributed by atoms with van der Waals surface area (Å²) in [4.78, 5) is 2.02. The van der Waals surface area contributed by atoms with Crippen LogP contribution in [0, 0.1) is 5.82 Å². The number of rotatable bonds is 6. The number of hydrogen-bond acceptors (Lipinski definition) is 3. The Morgan fingerprint density at radius 3 is 2.05 bits per heavy atom. The highest BCUT2D eigenvalue weighted by atomic mass is 19.4. The van der Waals surface area contributed by atoms with Crippen molar-refractivity contribution in [1.29, 1.82) is 0 Å². The standard InChI is InChI=1S/C27H24F7NO2/c1-17(20-13-21(26(29,30)31)15-22(14-20)27(32,33)34)37-25-24(19-7-9-23(28)10-8-19)35(11-12-36-25)16-18-5-3-2-4-6-18/h2-10,13-15,17,24-25H,11-12,16H2,1H3/t17-,24-,25-/m1/s1. The molecule has 0 N–H and O–H groups in total. The van der Waals surface area contributed by atoms with Gasteiger partial charge in [-0.3, -0.25) is 4.90 Å². The smallest absolute Gasteiger partial charge is 0.349 e. The van der Waals surface area contributed by atoms with E-state index in [-0.39, 0.29) is 18.2 Å². The Hall–Kier alpha value is -2.95. The number of morpholine rings is 1. The highest BCUT2D eigenvalue weighted by Crippen LogP contribution is 2.40. The van der Waals surface area contributed by atoms with Gasteiger partial charge in [0.05, 0.1) is 29.9 Å². The average Bonchev–Trinajstić information content (AvgIpc) is 2.84. The lowest BCUT2D eigenvalue weighted by molar-refractivity contribution is -0.231. The van der Waals surface area contributed by atoms with Gasteiger partial charge >= 0.3 is 12.4 Å². The third-order valence-corrected chi connectivity index (χ3v) is 6.17. The lowest BCUT2D eigenvalue weighted by Crippen LogP contribution is -2.46. The molecular formula is C27H24F7NO2. The highest BCUT2D eigenvalue weighted by molar-refractivity contribution is 5.35. The number of hydrogen-bond donors (Lipinski definition) is 0. The minimum absolute atomic E-state index is 0.0796. The van der Waals surface area contributed by atoms with Crippen LogP contribution >= 0.6 is 0 Å². The molecule has 3 nitrogen and oxygen atoms in total. The van der Waals surface area contributed by atoms with Crippen LogP contribution in [0.2, 0.25) is 0 Å². The van der Waals surface area contributed by atoms with Gasteiger partial charge in [-0.25, -0.2) is 4.39 Å². The van der Waals surface area contributed by atoms with Gasteiger partial charge in [-0.2, -0.15) is 26.3 Å². The Morgan fingerprint density at radius 2 is 1.49 bits per heavy atom. The van der Waals surface area contributed by atoms with Crippen molar-refractivity contribution in [1.82, 2.24) is 4.90 Å². The van der Waals surface area contributed by atoms with Crippen LogP contribution in [0.4, 0.5) is 30.7 Å². The summed E-state index contributed by atoms with van der Waals surface area (Å²) in [5.74, 6) is -0.454. The van der Waals surface area contributed by atoms with Crippen LogP contribution in [0.3, 0.4) is 0 Å². The molecule has 0 bridgehead atoms. The largest absolute Gasteiger partial charge is 0.416 e. The van der Waals surface area contributed by atoms with E-state index in [0.29, 0.717) is 30.8 Å². The number of nitrogens with zero attached hydrogens (tertiary/aromatic N) is 1. The zero-order chi connectivity index (χ0) is 26.8. The first-order valence-electron chi connectivity index (χ1n) is 11.5. The highest BCUT2D eigenvalue weighted by Gasteiger charge is 2.39. The molecule has 1 heterocycles. The van der Waals surface area contributed by atoms with E-state index < -0.39 is 47.7 Å². The first-order chi connectivity index (χ1) is 17.4. The molecule has 0 radical (unpaired) electrons. The number of benzene rings is 3. The molecule has 37 heavy (non-hydrogen) atoms. The van der Waals surface area contributed by atoms with Gasteiger partial charge in [-0.1, -0.05) is 42.5 Å². The SMILES string of the molecule is C[C@@H](O[C@H]1OCCN(Cc2ccccc2)[C@@H]1c1ccc(F)cc1)c1cc(C(F)(F)F)cc(C(F)(F)F)c1. The van der Waals surface area contributed by atoms with Crippen molar-refractivity contribution in [3.63, 3.8) is 0 Å². The maximum atomic E-state index is 13.6. The summed E-state index contributed by atoms with van der Waals surface area (Å²) in [6.45, 7) is 2.55. The molecule has 0 aliphatic carbocycles. The molecule has 3 aromatic rings. The summed E-state index contributed by atoms with van der Waals surface area (Å²) >= 11 is 0. The van der Waals surface area contributed by atoms with Gasteiger partial charge < -0.3 is 9.47 Å². The van der Waals surface area contributed by atoms with E-state index in [0.717, 1.165) is 5.56 Å². The van der Waals surface area contributed by atoms with Gasteiger partial charge in [0.25, 0.3) is 0 Å². The molecule has 10 heteroatoms. The Labute approximate surface area is 209 Å². The molecule has 1 aliphatic heterocycles. The predicted molar refractivity (Wildman–Crippen MR) is 122 cm³/mol. The average molecular weight is 527 g/mol. The molecule has 198 valence electrons. The fourth-order valence-electron chi connectivity index (χ4n) is 4.32. The summed E-state index contributed by atoms with van der Waals surface area (Å²) in [6.07, 6.45) is -12.2. The maximum absolute atomic E-state index is 13.6. The molecular weight excluding hydrogens is 503 g/mol. The van der Waals surface area contributed by atoms with Gasteiger partial charge in [0.1, 0.15) is 5.82 Å². The second kappa shape index (κ2) is 10.8. The first-order valence-corrected chi connectivity index (χ1v) is 11.5. The Kier molecular flexibility index (Phi) is 7.91. The zero-order valence-corrected chi connectivity index (χ0v) is 19.7. The third-order valence-electron chi connectivity index (χ3n) is 6.17. The molecule has 3 atom stereocenters. The minimum Gasteiger partial charge on any atom is -0.349 e. The van der Waals surface area contributed by atoms with Gasteiger partial charge in [0, 0.05) is 13.1 Å². The van der Waals surface area contributed by atoms with E-state index in [2.05, 4.69) is 0 Å². The normalized spacial score (nSPS) is 20.1. The molecule has 0 aromatic heterocycles. The van der Waals surface area contributed by atoms with E-state index in [4.69, 9.17) is 9.47 Å². The molecule has 0 amide bonds. The maximum Gasteiger partial charge on any atom is 0.416 e. The van der Waals surface area contributed by atoms with Gasteiger partial charge in [0.15, 0.2) is 6.29 Å². The van der Waals surface area contributed by atoms with Crippen LogP contribution in [-0.2, 0) is 28.4 Å². The van der Waals surface area contributed by atoms with Crippen molar-refractivity contribution < 1.29 is 40.2 Å². The van der Waals surface area contributed by atoms with Gasteiger partial charge in [0.2, 0.25) is 0 Å². The molecule has 4 rings (SSSR count). The number of halogens is 7. The van der Waals surface area contributed by atoms with E-state index in [1.54, 1.807) is 12.1 Å². The second-order valence-electron chi connectivity index (χ2n) is 8.81. The fraction of sp³-hybridized carbons (Fsp3) is 0.333. The first kappa shape index (κ1) is 27.1. The van der Waals surface area contributed by atoms with Crippen molar-refractivity contribution in [3.05, 3.63) is 106 Å². The van der Waals surface area contributed by atoms with Crippen molar-refractivity contribution in [2.75, 3.05) is 13.2 Å². The third kappa shape index (κ3) is 6.68. The molecule has 1 saturated heterocycles. The topological polar surface area (TPSA) is 21.7 Å². The monoisotopic (exact) mass is 527 g/mol. The molecule has 1 aliphatic rings. The van der Waals surface area contributed by atoms with Gasteiger partial charge in [-0.15, -0.1) is 0 Å². The van der Waals surface area contributed by atoms with Crippen LogP contribution in [0.15, 0.2) is 72.8 Å². The minimum atomic E-state index is -4.97.